The van der Waals surface area contributed by atoms with E-state index < -0.39 is 0 Å². The molecule has 2 fully saturated rings. The van der Waals surface area contributed by atoms with Crippen LogP contribution in [-0.2, 0) is 0 Å². The first-order valence-corrected chi connectivity index (χ1v) is 8.03. The molecule has 1 aliphatic carbocycles. The molecule has 1 saturated heterocycles. The standard InChI is InChI=1S/C16H27N3O/c1-12-15(14(3)20-18-12)13(2)19-10-6-9-17-16(11-19)7-4-5-8-16/h13,17H,4-11H2,1-3H3. The van der Waals surface area contributed by atoms with Gasteiger partial charge in [0.1, 0.15) is 5.76 Å². The second-order valence-corrected chi connectivity index (χ2v) is 6.65. The smallest absolute Gasteiger partial charge is 0.138 e. The third-order valence-corrected chi connectivity index (χ3v) is 5.24. The summed E-state index contributed by atoms with van der Waals surface area (Å²) >= 11 is 0. The van der Waals surface area contributed by atoms with E-state index in [1.54, 1.807) is 0 Å². The van der Waals surface area contributed by atoms with Gasteiger partial charge in [-0.05, 0) is 46.6 Å². The SMILES string of the molecule is Cc1noc(C)c1C(C)N1CCCNC2(CCCC2)C1. The van der Waals surface area contributed by atoms with Crippen molar-refractivity contribution in [2.75, 3.05) is 19.6 Å². The number of rotatable bonds is 2. The Kier molecular flexibility index (Phi) is 3.87. The van der Waals surface area contributed by atoms with Crippen LogP contribution in [0.2, 0.25) is 0 Å². The molecule has 1 spiro atoms. The van der Waals surface area contributed by atoms with Crippen molar-refractivity contribution in [1.29, 1.82) is 0 Å². The van der Waals surface area contributed by atoms with E-state index in [9.17, 15) is 0 Å². The van der Waals surface area contributed by atoms with Crippen LogP contribution < -0.4 is 5.32 Å². The predicted octanol–water partition coefficient (Wildman–Crippen LogP) is 2.96. The van der Waals surface area contributed by atoms with E-state index in [0.717, 1.165) is 24.5 Å². The van der Waals surface area contributed by atoms with E-state index in [0.29, 0.717) is 11.6 Å². The van der Waals surface area contributed by atoms with Gasteiger partial charge in [0, 0.05) is 30.2 Å². The lowest BCUT2D eigenvalue weighted by Crippen LogP contribution is -2.49. The summed E-state index contributed by atoms with van der Waals surface area (Å²) in [6.45, 7) is 9.89. The second kappa shape index (κ2) is 5.49. The predicted molar refractivity (Wildman–Crippen MR) is 79.8 cm³/mol. The van der Waals surface area contributed by atoms with Gasteiger partial charge >= 0.3 is 0 Å². The van der Waals surface area contributed by atoms with Crippen molar-refractivity contribution in [3.8, 4) is 0 Å². The van der Waals surface area contributed by atoms with E-state index in [2.05, 4.69) is 29.2 Å². The summed E-state index contributed by atoms with van der Waals surface area (Å²) in [4.78, 5) is 2.64. The number of nitrogens with zero attached hydrogens (tertiary/aromatic N) is 2. The Morgan fingerprint density at radius 1 is 1.25 bits per heavy atom. The van der Waals surface area contributed by atoms with Gasteiger partial charge in [0.2, 0.25) is 0 Å². The van der Waals surface area contributed by atoms with Gasteiger partial charge in [-0.25, -0.2) is 0 Å². The first kappa shape index (κ1) is 14.1. The van der Waals surface area contributed by atoms with Gasteiger partial charge in [-0.2, -0.15) is 0 Å². The topological polar surface area (TPSA) is 41.3 Å². The van der Waals surface area contributed by atoms with Crippen LogP contribution in [0.5, 0.6) is 0 Å². The number of hydrogen-bond donors (Lipinski definition) is 1. The molecule has 1 N–H and O–H groups in total. The first-order valence-electron chi connectivity index (χ1n) is 8.03. The fourth-order valence-electron chi connectivity index (χ4n) is 4.15. The number of aromatic nitrogens is 1. The lowest BCUT2D eigenvalue weighted by molar-refractivity contribution is 0.164. The van der Waals surface area contributed by atoms with E-state index in [4.69, 9.17) is 4.52 Å². The van der Waals surface area contributed by atoms with Gasteiger partial charge < -0.3 is 9.84 Å². The quantitative estimate of drug-likeness (QED) is 0.902. The van der Waals surface area contributed by atoms with Crippen molar-refractivity contribution < 1.29 is 4.52 Å². The molecule has 0 aromatic carbocycles. The summed E-state index contributed by atoms with van der Waals surface area (Å²) in [5, 5.41) is 7.96. The first-order chi connectivity index (χ1) is 9.61. The van der Waals surface area contributed by atoms with Crippen molar-refractivity contribution >= 4 is 0 Å². The highest BCUT2D eigenvalue weighted by Gasteiger charge is 2.38. The summed E-state index contributed by atoms with van der Waals surface area (Å²) in [7, 11) is 0. The minimum absolute atomic E-state index is 0.365. The third-order valence-electron chi connectivity index (χ3n) is 5.24. The van der Waals surface area contributed by atoms with Gasteiger partial charge in [0.15, 0.2) is 0 Å². The molecule has 0 radical (unpaired) electrons. The van der Waals surface area contributed by atoms with Crippen LogP contribution in [0.3, 0.4) is 0 Å². The number of hydrogen-bond acceptors (Lipinski definition) is 4. The molecule has 1 aliphatic heterocycles. The third kappa shape index (κ3) is 2.51. The summed E-state index contributed by atoms with van der Waals surface area (Å²) in [6, 6.07) is 0.402. The van der Waals surface area contributed by atoms with Crippen LogP contribution in [0, 0.1) is 13.8 Å². The van der Waals surface area contributed by atoms with Gasteiger partial charge in [-0.1, -0.05) is 18.0 Å². The molecule has 4 nitrogen and oxygen atoms in total. The van der Waals surface area contributed by atoms with Crippen molar-refractivity contribution in [2.24, 2.45) is 0 Å². The minimum Gasteiger partial charge on any atom is -0.361 e. The zero-order chi connectivity index (χ0) is 14.2. The molecule has 1 unspecified atom stereocenters. The summed E-state index contributed by atoms with van der Waals surface area (Å²) in [6.07, 6.45) is 6.65. The summed E-state index contributed by atoms with van der Waals surface area (Å²) in [5.41, 5.74) is 2.71. The fourth-order valence-corrected chi connectivity index (χ4v) is 4.15. The molecular formula is C16H27N3O. The Labute approximate surface area is 121 Å². The van der Waals surface area contributed by atoms with Gasteiger partial charge in [0.05, 0.1) is 5.69 Å². The van der Waals surface area contributed by atoms with E-state index >= 15 is 0 Å². The average Bonchev–Trinajstić information content (AvgIpc) is 2.93. The van der Waals surface area contributed by atoms with Crippen LogP contribution in [-0.4, -0.2) is 35.2 Å². The molecule has 1 saturated carbocycles. The maximum absolute atomic E-state index is 5.36. The normalized spacial score (nSPS) is 24.9. The Balaban J connectivity index is 1.81. The molecule has 20 heavy (non-hydrogen) atoms. The highest BCUT2D eigenvalue weighted by Crippen LogP contribution is 2.35. The van der Waals surface area contributed by atoms with E-state index in [1.165, 1.54) is 44.2 Å². The molecular weight excluding hydrogens is 250 g/mol. The monoisotopic (exact) mass is 277 g/mol. The lowest BCUT2D eigenvalue weighted by Gasteiger charge is -2.36. The number of aryl methyl sites for hydroxylation is 2. The molecule has 4 heteroatoms. The maximum atomic E-state index is 5.36. The molecule has 1 aromatic heterocycles. The Bertz CT molecular complexity index is 443. The van der Waals surface area contributed by atoms with Crippen LogP contribution in [0.4, 0.5) is 0 Å². The van der Waals surface area contributed by atoms with Gasteiger partial charge in [0.25, 0.3) is 0 Å². The van der Waals surface area contributed by atoms with Crippen molar-refractivity contribution in [3.63, 3.8) is 0 Å². The Morgan fingerprint density at radius 2 is 2.00 bits per heavy atom. The molecule has 3 rings (SSSR count). The van der Waals surface area contributed by atoms with Gasteiger partial charge in [-0.15, -0.1) is 0 Å². The molecule has 0 amide bonds. The van der Waals surface area contributed by atoms with Crippen LogP contribution >= 0.6 is 0 Å². The number of nitrogens with one attached hydrogen (secondary N) is 1. The average molecular weight is 277 g/mol. The maximum Gasteiger partial charge on any atom is 0.138 e. The molecule has 0 bridgehead atoms. The van der Waals surface area contributed by atoms with Crippen molar-refractivity contribution in [1.82, 2.24) is 15.4 Å². The highest BCUT2D eigenvalue weighted by molar-refractivity contribution is 5.24. The van der Waals surface area contributed by atoms with E-state index in [-0.39, 0.29) is 0 Å². The zero-order valence-corrected chi connectivity index (χ0v) is 13.0. The highest BCUT2D eigenvalue weighted by atomic mass is 16.5. The molecule has 2 heterocycles. The fraction of sp³-hybridized carbons (Fsp3) is 0.812. The molecule has 1 atom stereocenters. The zero-order valence-electron chi connectivity index (χ0n) is 13.0. The van der Waals surface area contributed by atoms with Crippen LogP contribution in [0.15, 0.2) is 4.52 Å². The molecule has 1 aromatic rings. The minimum atomic E-state index is 0.365. The second-order valence-electron chi connectivity index (χ2n) is 6.65. The van der Waals surface area contributed by atoms with Crippen molar-refractivity contribution in [3.05, 3.63) is 17.0 Å². The van der Waals surface area contributed by atoms with Crippen LogP contribution in [0.25, 0.3) is 0 Å². The summed E-state index contributed by atoms with van der Waals surface area (Å²) < 4.78 is 5.36. The lowest BCUT2D eigenvalue weighted by atomic mass is 9.95. The Hall–Kier alpha value is -0.870. The molecule has 112 valence electrons. The van der Waals surface area contributed by atoms with Gasteiger partial charge in [-0.3, -0.25) is 4.90 Å². The van der Waals surface area contributed by atoms with Crippen LogP contribution in [0.1, 0.15) is 62.1 Å². The molecule has 2 aliphatic rings. The summed E-state index contributed by atoms with van der Waals surface area (Å²) in [5.74, 6) is 0.979. The van der Waals surface area contributed by atoms with Crippen molar-refractivity contribution in [2.45, 2.75) is 64.5 Å². The largest absolute Gasteiger partial charge is 0.361 e. The van der Waals surface area contributed by atoms with E-state index in [1.807, 2.05) is 6.92 Å². The Morgan fingerprint density at radius 3 is 2.65 bits per heavy atom.